The first kappa shape index (κ1) is 11.8. The molecule has 1 heteroatoms. The molecule has 0 heterocycles. The molecule has 0 saturated heterocycles. The highest BCUT2D eigenvalue weighted by Gasteiger charge is 2.06. The third kappa shape index (κ3) is 4.18. The molecule has 1 N–H and O–H groups in total. The van der Waals surface area contributed by atoms with E-state index in [1.807, 2.05) is 0 Å². The van der Waals surface area contributed by atoms with Crippen molar-refractivity contribution in [3.63, 3.8) is 0 Å². The molecule has 0 fully saturated rings. The molecule has 1 aromatic rings. The highest BCUT2D eigenvalue weighted by atomic mass is 14.9. The number of hydrogen-bond acceptors (Lipinski definition) is 1. The molecule has 80 valence electrons. The van der Waals surface area contributed by atoms with Gasteiger partial charge in [0.15, 0.2) is 0 Å². The van der Waals surface area contributed by atoms with Gasteiger partial charge in [-0.3, -0.25) is 0 Å². The van der Waals surface area contributed by atoms with Crippen molar-refractivity contribution in [3.8, 4) is 12.3 Å². The Morgan fingerprint density at radius 3 is 2.87 bits per heavy atom. The third-order valence-electron chi connectivity index (χ3n) is 2.42. The normalized spacial score (nSPS) is 12.1. The molecule has 1 rings (SSSR count). The minimum atomic E-state index is 0.404. The van der Waals surface area contributed by atoms with Crippen molar-refractivity contribution in [2.45, 2.75) is 32.7 Å². The lowest BCUT2D eigenvalue weighted by atomic mass is 10.0. The molecule has 1 unspecified atom stereocenters. The summed E-state index contributed by atoms with van der Waals surface area (Å²) in [7, 11) is 0. The van der Waals surface area contributed by atoms with E-state index in [0.29, 0.717) is 6.04 Å². The first-order chi connectivity index (χ1) is 7.26. The van der Waals surface area contributed by atoms with Crippen molar-refractivity contribution in [2.75, 3.05) is 6.54 Å². The molecule has 1 nitrogen and oxygen atoms in total. The van der Waals surface area contributed by atoms with Crippen LogP contribution in [0.5, 0.6) is 0 Å². The van der Waals surface area contributed by atoms with Crippen LogP contribution in [0.1, 0.15) is 24.5 Å². The van der Waals surface area contributed by atoms with Crippen LogP contribution in [-0.2, 0) is 6.42 Å². The van der Waals surface area contributed by atoms with Crippen LogP contribution in [0, 0.1) is 19.3 Å². The summed E-state index contributed by atoms with van der Waals surface area (Å²) in [5, 5.41) is 3.41. The van der Waals surface area contributed by atoms with Crippen LogP contribution < -0.4 is 5.32 Å². The van der Waals surface area contributed by atoms with E-state index in [-0.39, 0.29) is 0 Å². The molecule has 1 aromatic carbocycles. The maximum atomic E-state index is 5.35. The van der Waals surface area contributed by atoms with Crippen molar-refractivity contribution in [3.05, 3.63) is 35.4 Å². The molecule has 1 atom stereocenters. The van der Waals surface area contributed by atoms with Gasteiger partial charge in [-0.05, 0) is 25.5 Å². The summed E-state index contributed by atoms with van der Waals surface area (Å²) in [6, 6.07) is 9.01. The number of likely N-dealkylation sites (N-methyl/N-ethyl adjacent to an activating group) is 1. The van der Waals surface area contributed by atoms with Gasteiger partial charge in [0.05, 0.1) is 0 Å². The van der Waals surface area contributed by atoms with Crippen LogP contribution >= 0.6 is 0 Å². The second-order valence-electron chi connectivity index (χ2n) is 3.86. The van der Waals surface area contributed by atoms with Gasteiger partial charge < -0.3 is 5.32 Å². The number of rotatable bonds is 5. The molecule has 0 aliphatic rings. The largest absolute Gasteiger partial charge is 0.313 e. The average molecular weight is 201 g/mol. The minimum absolute atomic E-state index is 0.404. The number of terminal acetylenes is 1. The lowest BCUT2D eigenvalue weighted by molar-refractivity contribution is 0.535. The van der Waals surface area contributed by atoms with Crippen molar-refractivity contribution < 1.29 is 0 Å². The summed E-state index contributed by atoms with van der Waals surface area (Å²) in [4.78, 5) is 0. The van der Waals surface area contributed by atoms with Crippen LogP contribution in [0.3, 0.4) is 0 Å². The summed E-state index contributed by atoms with van der Waals surface area (Å²) in [6.07, 6.45) is 7.16. The molecule has 0 spiro atoms. The van der Waals surface area contributed by atoms with Gasteiger partial charge in [-0.25, -0.2) is 0 Å². The predicted molar refractivity (Wildman–Crippen MR) is 65.8 cm³/mol. The molecule has 0 aromatic heterocycles. The second kappa shape index (κ2) is 6.27. The molecular formula is C14H19N. The molecule has 0 aliphatic carbocycles. The second-order valence-corrected chi connectivity index (χ2v) is 3.86. The van der Waals surface area contributed by atoms with Gasteiger partial charge in [-0.1, -0.05) is 36.8 Å². The number of aryl methyl sites for hydroxylation is 1. The molecule has 0 amide bonds. The topological polar surface area (TPSA) is 12.0 Å². The Bertz CT molecular complexity index is 335. The van der Waals surface area contributed by atoms with Gasteiger partial charge in [0, 0.05) is 12.5 Å². The van der Waals surface area contributed by atoms with E-state index >= 15 is 0 Å². The zero-order valence-corrected chi connectivity index (χ0v) is 9.59. The first-order valence-electron chi connectivity index (χ1n) is 5.48. The highest BCUT2D eigenvalue weighted by Crippen LogP contribution is 2.08. The van der Waals surface area contributed by atoms with Crippen LogP contribution in [0.15, 0.2) is 24.3 Å². The standard InChI is InChI=1S/C14H19N/c1-4-7-14(15-5-2)11-13-9-6-8-12(3)10-13/h1,6,8-10,14-15H,5,7,11H2,2-3H3. The SMILES string of the molecule is C#CCC(Cc1cccc(C)c1)NCC. The Hall–Kier alpha value is -1.26. The van der Waals surface area contributed by atoms with E-state index in [2.05, 4.69) is 49.4 Å². The van der Waals surface area contributed by atoms with Gasteiger partial charge in [0.1, 0.15) is 0 Å². The van der Waals surface area contributed by atoms with E-state index in [4.69, 9.17) is 6.42 Å². The monoisotopic (exact) mass is 201 g/mol. The number of benzene rings is 1. The van der Waals surface area contributed by atoms with Gasteiger partial charge >= 0.3 is 0 Å². The fourth-order valence-corrected chi connectivity index (χ4v) is 1.77. The van der Waals surface area contributed by atoms with E-state index in [1.165, 1.54) is 11.1 Å². The van der Waals surface area contributed by atoms with Gasteiger partial charge in [-0.2, -0.15) is 0 Å². The Morgan fingerprint density at radius 1 is 1.47 bits per heavy atom. The average Bonchev–Trinajstić information content (AvgIpc) is 2.18. The van der Waals surface area contributed by atoms with Crippen LogP contribution in [-0.4, -0.2) is 12.6 Å². The molecule has 15 heavy (non-hydrogen) atoms. The van der Waals surface area contributed by atoms with Crippen LogP contribution in [0.4, 0.5) is 0 Å². The smallest absolute Gasteiger partial charge is 0.0243 e. The van der Waals surface area contributed by atoms with Crippen LogP contribution in [0.2, 0.25) is 0 Å². The van der Waals surface area contributed by atoms with Gasteiger partial charge in [0.25, 0.3) is 0 Å². The number of hydrogen-bond donors (Lipinski definition) is 1. The van der Waals surface area contributed by atoms with E-state index in [0.717, 1.165) is 19.4 Å². The number of nitrogens with one attached hydrogen (secondary N) is 1. The zero-order valence-electron chi connectivity index (χ0n) is 9.59. The van der Waals surface area contributed by atoms with Crippen molar-refractivity contribution in [1.82, 2.24) is 5.32 Å². The maximum Gasteiger partial charge on any atom is 0.0243 e. The molecule has 0 saturated carbocycles. The third-order valence-corrected chi connectivity index (χ3v) is 2.42. The lowest BCUT2D eigenvalue weighted by Crippen LogP contribution is -2.30. The summed E-state index contributed by atoms with van der Waals surface area (Å²) in [6.45, 7) is 5.20. The summed E-state index contributed by atoms with van der Waals surface area (Å²) in [5.41, 5.74) is 2.67. The Kier molecular flexibility index (Phi) is 4.93. The Morgan fingerprint density at radius 2 is 2.27 bits per heavy atom. The van der Waals surface area contributed by atoms with Crippen molar-refractivity contribution >= 4 is 0 Å². The van der Waals surface area contributed by atoms with Crippen LogP contribution in [0.25, 0.3) is 0 Å². The maximum absolute atomic E-state index is 5.35. The Labute approximate surface area is 92.9 Å². The molecule has 0 radical (unpaired) electrons. The lowest BCUT2D eigenvalue weighted by Gasteiger charge is -2.15. The summed E-state index contributed by atoms with van der Waals surface area (Å²) < 4.78 is 0. The Balaban J connectivity index is 2.61. The minimum Gasteiger partial charge on any atom is -0.313 e. The van der Waals surface area contributed by atoms with Gasteiger partial charge in [0.2, 0.25) is 0 Å². The fourth-order valence-electron chi connectivity index (χ4n) is 1.77. The first-order valence-corrected chi connectivity index (χ1v) is 5.48. The predicted octanol–water partition coefficient (Wildman–Crippen LogP) is 2.54. The van der Waals surface area contributed by atoms with E-state index in [9.17, 15) is 0 Å². The fraction of sp³-hybridized carbons (Fsp3) is 0.429. The zero-order chi connectivity index (χ0) is 11.1. The summed E-state index contributed by atoms with van der Waals surface area (Å²) in [5.74, 6) is 2.72. The summed E-state index contributed by atoms with van der Waals surface area (Å²) >= 11 is 0. The van der Waals surface area contributed by atoms with E-state index < -0.39 is 0 Å². The van der Waals surface area contributed by atoms with Crippen molar-refractivity contribution in [2.24, 2.45) is 0 Å². The molecular weight excluding hydrogens is 182 g/mol. The van der Waals surface area contributed by atoms with E-state index in [1.54, 1.807) is 0 Å². The molecule has 0 aliphatic heterocycles. The van der Waals surface area contributed by atoms with Crippen molar-refractivity contribution in [1.29, 1.82) is 0 Å². The quantitative estimate of drug-likeness (QED) is 0.722. The van der Waals surface area contributed by atoms with Gasteiger partial charge in [-0.15, -0.1) is 12.3 Å². The highest BCUT2D eigenvalue weighted by molar-refractivity contribution is 5.23. The molecule has 0 bridgehead atoms.